The smallest absolute Gasteiger partial charge is 0.356 e. The molecule has 10 nitrogen and oxygen atoms in total. The molecular weight excluding hydrogens is 512 g/mol. The number of nitrogens with zero attached hydrogens (tertiary/aromatic N) is 1. The Labute approximate surface area is 222 Å². The zero-order valence-electron chi connectivity index (χ0n) is 20.6. The van der Waals surface area contributed by atoms with Crippen molar-refractivity contribution in [3.63, 3.8) is 0 Å². The van der Waals surface area contributed by atoms with Gasteiger partial charge in [0.2, 0.25) is 5.91 Å². The molecule has 1 aliphatic heterocycles. The van der Waals surface area contributed by atoms with E-state index in [2.05, 4.69) is 5.32 Å². The molecule has 0 spiro atoms. The minimum Gasteiger partial charge on any atom is -0.510 e. The number of benzene rings is 2. The second-order valence-electron chi connectivity index (χ2n) is 8.94. The van der Waals surface area contributed by atoms with Gasteiger partial charge in [0, 0.05) is 6.92 Å². The lowest BCUT2D eigenvalue weighted by molar-refractivity contribution is -0.156. The lowest BCUT2D eigenvalue weighted by Gasteiger charge is -2.46. The number of β-lactam (4-membered cyclic amide) rings is 1. The van der Waals surface area contributed by atoms with Crippen molar-refractivity contribution in [2.24, 2.45) is 0 Å². The van der Waals surface area contributed by atoms with E-state index in [1.165, 1.54) is 6.92 Å². The van der Waals surface area contributed by atoms with Crippen LogP contribution < -0.4 is 5.32 Å². The molecule has 0 saturated carbocycles. The highest BCUT2D eigenvalue weighted by Gasteiger charge is 2.54. The first-order valence-corrected chi connectivity index (χ1v) is 12.7. The van der Waals surface area contributed by atoms with Gasteiger partial charge >= 0.3 is 11.9 Å². The number of aryl methyl sites for hydroxylation is 1. The molecule has 4 rings (SSSR count). The number of thioether (sulfide) groups is 1. The number of fused-ring (bicyclic) bond motifs is 1. The molecule has 2 aromatic rings. The zero-order valence-corrected chi connectivity index (χ0v) is 21.4. The van der Waals surface area contributed by atoms with Gasteiger partial charge in [0.05, 0.1) is 0 Å². The number of carbonyl (C=O) groups excluding carboxylic acids is 4. The molecule has 3 N–H and O–H groups in total. The highest BCUT2D eigenvalue weighted by molar-refractivity contribution is 8.14. The van der Waals surface area contributed by atoms with Crippen molar-refractivity contribution in [1.82, 2.24) is 10.2 Å². The molecule has 4 unspecified atom stereocenters. The fraction of sp³-hybridized carbons (Fsp3) is 0.296. The summed E-state index contributed by atoms with van der Waals surface area (Å²) in [5.41, 5.74) is 1.59. The van der Waals surface area contributed by atoms with Crippen LogP contribution in [-0.2, 0) is 35.1 Å². The number of esters is 1. The molecule has 0 radical (unpaired) electrons. The van der Waals surface area contributed by atoms with Crippen molar-refractivity contribution < 1.29 is 38.9 Å². The molecule has 1 saturated heterocycles. The minimum absolute atomic E-state index is 0.345. The summed E-state index contributed by atoms with van der Waals surface area (Å²) in [6.07, 6.45) is 0.790. The summed E-state index contributed by atoms with van der Waals surface area (Å²) < 4.78 is 5.78. The molecule has 38 heavy (non-hydrogen) atoms. The summed E-state index contributed by atoms with van der Waals surface area (Å²) in [5.74, 6) is -6.09. The van der Waals surface area contributed by atoms with E-state index in [0.717, 1.165) is 29.4 Å². The average Bonchev–Trinajstić information content (AvgIpc) is 3.27. The molecule has 4 atom stereocenters. The van der Waals surface area contributed by atoms with E-state index in [4.69, 9.17) is 4.74 Å². The van der Waals surface area contributed by atoms with Gasteiger partial charge in [-0.15, -0.1) is 0 Å². The first-order chi connectivity index (χ1) is 18.1. The lowest BCUT2D eigenvalue weighted by Crippen LogP contribution is -2.70. The molecule has 2 aliphatic rings. The maximum atomic E-state index is 13.5. The van der Waals surface area contributed by atoms with Gasteiger partial charge in [-0.05, 0) is 36.5 Å². The molecule has 198 valence electrons. The number of amides is 2. The standard InChI is InChI=1S/C27H26N2O8S/c1-14(30)22(26(34)35)29-24(33)21(25(29)38-15(2)31)28-23(32)20(17-9-4-3-5-10-17)27(36)37-19-13-12-16-8-6-7-11-18(16)19/h3-11,19-21,25,30H,12-13H2,1-2H3,(H,28,32)(H,34,35). The number of aliphatic hydroxyl groups excluding tert-OH is 1. The summed E-state index contributed by atoms with van der Waals surface area (Å²) in [7, 11) is 0. The fourth-order valence-electron chi connectivity index (χ4n) is 4.68. The number of carbonyl (C=O) groups is 5. The topological polar surface area (TPSA) is 150 Å². The van der Waals surface area contributed by atoms with E-state index in [0.29, 0.717) is 23.7 Å². The average molecular weight is 539 g/mol. The second-order valence-corrected chi connectivity index (χ2v) is 10.2. The number of likely N-dealkylation sites (tertiary alicyclic amines) is 1. The van der Waals surface area contributed by atoms with Crippen molar-refractivity contribution in [3.8, 4) is 0 Å². The van der Waals surface area contributed by atoms with E-state index >= 15 is 0 Å². The number of allylic oxidation sites excluding steroid dienone is 1. The zero-order chi connectivity index (χ0) is 27.6. The van der Waals surface area contributed by atoms with Crippen molar-refractivity contribution >= 4 is 40.6 Å². The van der Waals surface area contributed by atoms with Crippen molar-refractivity contribution in [2.45, 2.75) is 50.1 Å². The Morgan fingerprint density at radius 3 is 2.32 bits per heavy atom. The molecule has 1 aliphatic carbocycles. The predicted molar refractivity (Wildman–Crippen MR) is 137 cm³/mol. The van der Waals surface area contributed by atoms with E-state index in [-0.39, 0.29) is 0 Å². The maximum absolute atomic E-state index is 13.5. The first kappa shape index (κ1) is 26.9. The van der Waals surface area contributed by atoms with Crippen molar-refractivity contribution in [3.05, 3.63) is 82.7 Å². The molecule has 1 fully saturated rings. The number of hydrogen-bond donors (Lipinski definition) is 3. The summed E-state index contributed by atoms with van der Waals surface area (Å²) >= 11 is 0.627. The third-order valence-electron chi connectivity index (χ3n) is 6.38. The quantitative estimate of drug-likeness (QED) is 0.152. The van der Waals surface area contributed by atoms with Gasteiger partial charge in [0.25, 0.3) is 5.91 Å². The minimum atomic E-state index is -1.57. The maximum Gasteiger partial charge on any atom is 0.356 e. The summed E-state index contributed by atoms with van der Waals surface area (Å²) in [4.78, 5) is 64.1. The normalized spacial score (nSPS) is 21.5. The lowest BCUT2D eigenvalue weighted by atomic mass is 9.96. The predicted octanol–water partition coefficient (Wildman–Crippen LogP) is 2.81. The van der Waals surface area contributed by atoms with Crippen molar-refractivity contribution in [1.29, 1.82) is 0 Å². The highest BCUT2D eigenvalue weighted by atomic mass is 32.2. The summed E-state index contributed by atoms with van der Waals surface area (Å²) in [5, 5.41) is 20.2. The van der Waals surface area contributed by atoms with Gasteiger partial charge in [0.15, 0.2) is 16.7 Å². The monoisotopic (exact) mass is 538 g/mol. The largest absolute Gasteiger partial charge is 0.510 e. The number of hydrogen-bond acceptors (Lipinski definition) is 8. The number of carboxylic acid groups (broad SMARTS) is 1. The highest BCUT2D eigenvalue weighted by Crippen LogP contribution is 2.37. The van der Waals surface area contributed by atoms with Gasteiger partial charge < -0.3 is 20.3 Å². The van der Waals surface area contributed by atoms with Crippen LogP contribution in [0.5, 0.6) is 0 Å². The Bertz CT molecular complexity index is 1320. The van der Waals surface area contributed by atoms with Gasteiger partial charge in [-0.2, -0.15) is 0 Å². The van der Waals surface area contributed by atoms with Crippen LogP contribution in [0.4, 0.5) is 0 Å². The molecule has 1 heterocycles. The summed E-state index contributed by atoms with van der Waals surface area (Å²) in [6.45, 7) is 2.32. The Balaban J connectivity index is 1.58. The van der Waals surface area contributed by atoms with Gasteiger partial charge in [-0.3, -0.25) is 24.1 Å². The number of nitrogens with one attached hydrogen (secondary N) is 1. The Morgan fingerprint density at radius 2 is 1.68 bits per heavy atom. The van der Waals surface area contributed by atoms with E-state index < -0.39 is 63.8 Å². The van der Waals surface area contributed by atoms with E-state index in [9.17, 15) is 34.2 Å². The van der Waals surface area contributed by atoms with Gasteiger partial charge in [0.1, 0.15) is 23.3 Å². The molecule has 11 heteroatoms. The first-order valence-electron chi connectivity index (χ1n) is 11.9. The number of carboxylic acids is 1. The molecule has 2 amide bonds. The number of aliphatic carboxylic acids is 1. The molecule has 2 aromatic carbocycles. The van der Waals surface area contributed by atoms with Gasteiger partial charge in [-0.25, -0.2) is 4.79 Å². The van der Waals surface area contributed by atoms with E-state index in [1.807, 2.05) is 24.3 Å². The molecule has 0 bridgehead atoms. The second kappa shape index (κ2) is 11.1. The number of aliphatic hydroxyl groups is 1. The Kier molecular flexibility index (Phi) is 7.86. The number of rotatable bonds is 8. The number of ether oxygens (including phenoxy) is 1. The van der Waals surface area contributed by atoms with Crippen LogP contribution in [0.2, 0.25) is 0 Å². The molecule has 0 aromatic heterocycles. The summed E-state index contributed by atoms with van der Waals surface area (Å²) in [6, 6.07) is 14.5. The van der Waals surface area contributed by atoms with Crippen LogP contribution in [0.25, 0.3) is 0 Å². The third-order valence-corrected chi connectivity index (χ3v) is 7.44. The third kappa shape index (κ3) is 5.28. The van der Waals surface area contributed by atoms with Gasteiger partial charge in [-0.1, -0.05) is 66.4 Å². The van der Waals surface area contributed by atoms with Crippen LogP contribution in [0.3, 0.4) is 0 Å². The van der Waals surface area contributed by atoms with Crippen molar-refractivity contribution in [2.75, 3.05) is 0 Å². The Hall–Kier alpha value is -4.12. The van der Waals surface area contributed by atoms with Crippen LogP contribution in [0.1, 0.15) is 49.0 Å². The Morgan fingerprint density at radius 1 is 1.03 bits per heavy atom. The SMILES string of the molecule is CC(=O)SC1C(NC(=O)C(C(=O)OC2CCc3ccccc32)c2ccccc2)C(=O)N1C(C(=O)O)=C(C)O. The molecular formula is C27H26N2O8S. The van der Waals surface area contributed by atoms with Crippen LogP contribution in [-0.4, -0.2) is 55.4 Å². The van der Waals surface area contributed by atoms with Crippen LogP contribution in [0, 0.1) is 0 Å². The van der Waals surface area contributed by atoms with E-state index in [1.54, 1.807) is 30.3 Å². The fourth-order valence-corrected chi connectivity index (χ4v) is 5.66. The van der Waals surface area contributed by atoms with Crippen LogP contribution in [0.15, 0.2) is 66.1 Å². The van der Waals surface area contributed by atoms with Crippen LogP contribution >= 0.6 is 11.8 Å².